The molecule has 0 aliphatic heterocycles. The van der Waals surface area contributed by atoms with Gasteiger partial charge < -0.3 is 4.98 Å². The summed E-state index contributed by atoms with van der Waals surface area (Å²) in [5, 5.41) is 1.29. The van der Waals surface area contributed by atoms with Crippen LogP contribution in [0.15, 0.2) is 24.3 Å². The lowest BCUT2D eigenvalue weighted by molar-refractivity contribution is 0.594. The van der Waals surface area contributed by atoms with Crippen molar-refractivity contribution >= 4 is 10.9 Å². The number of benzene rings is 1. The van der Waals surface area contributed by atoms with Crippen molar-refractivity contribution in [1.82, 2.24) is 4.98 Å². The number of nitrogens with one attached hydrogen (secondary N) is 1. The van der Waals surface area contributed by atoms with Gasteiger partial charge in [-0.25, -0.2) is 0 Å². The Morgan fingerprint density at radius 3 is 2.54 bits per heavy atom. The van der Waals surface area contributed by atoms with Crippen LogP contribution in [0.4, 0.5) is 0 Å². The van der Waals surface area contributed by atoms with Crippen LogP contribution in [-0.4, -0.2) is 4.98 Å². The van der Waals surface area contributed by atoms with Crippen LogP contribution in [0.2, 0.25) is 0 Å². The average molecular weight is 172 g/mol. The summed E-state index contributed by atoms with van der Waals surface area (Å²) >= 11 is 0. The van der Waals surface area contributed by atoms with Crippen LogP contribution >= 0.6 is 0 Å². The summed E-state index contributed by atoms with van der Waals surface area (Å²) in [5.74, 6) is 0. The summed E-state index contributed by atoms with van der Waals surface area (Å²) < 4.78 is 0. The highest BCUT2D eigenvalue weighted by molar-refractivity contribution is 5.83. The molecule has 67 valence electrons. The Morgan fingerprint density at radius 2 is 1.85 bits per heavy atom. The minimum atomic E-state index is 0.166. The zero-order valence-electron chi connectivity index (χ0n) is 8.31. The molecule has 1 aromatic carbocycles. The zero-order valence-corrected chi connectivity index (χ0v) is 8.31. The molecule has 1 N–H and O–H groups in total. The van der Waals surface area contributed by atoms with Crippen LogP contribution in [0.3, 0.4) is 0 Å². The predicted octanol–water partition coefficient (Wildman–Crippen LogP) is 3.27. The van der Waals surface area contributed by atoms with Crippen LogP contribution < -0.4 is 0 Å². The molecule has 0 aliphatic rings. The van der Waals surface area contributed by atoms with E-state index in [2.05, 4.69) is 50.2 Å². The number of hydrogen-bond donors (Lipinski definition) is 1. The van der Waals surface area contributed by atoms with E-state index in [1.54, 1.807) is 0 Å². The Labute approximate surface area is 78.8 Å². The Morgan fingerprint density at radius 1 is 1.15 bits per heavy atom. The highest BCUT2D eigenvalue weighted by atomic mass is 14.7. The van der Waals surface area contributed by atoms with E-state index < -0.39 is 0 Å². The van der Waals surface area contributed by atoms with Crippen molar-refractivity contribution in [3.8, 4) is 0 Å². The number of para-hydroxylation sites is 1. The number of H-pyrrole nitrogens is 1. The molecular formula is C12H14N. The van der Waals surface area contributed by atoms with Gasteiger partial charge >= 0.3 is 0 Å². The van der Waals surface area contributed by atoms with E-state index in [0.29, 0.717) is 0 Å². The molecule has 0 bridgehead atoms. The van der Waals surface area contributed by atoms with Gasteiger partial charge in [-0.2, -0.15) is 0 Å². The topological polar surface area (TPSA) is 15.8 Å². The van der Waals surface area contributed by atoms with Crippen molar-refractivity contribution in [3.63, 3.8) is 0 Å². The third kappa shape index (κ3) is 1.35. The maximum absolute atomic E-state index is 3.23. The van der Waals surface area contributed by atoms with Gasteiger partial charge in [0.05, 0.1) is 6.20 Å². The number of rotatable bonds is 0. The lowest BCUT2D eigenvalue weighted by Gasteiger charge is -2.16. The van der Waals surface area contributed by atoms with Gasteiger partial charge in [0.2, 0.25) is 0 Å². The molecule has 13 heavy (non-hydrogen) atoms. The molecule has 0 atom stereocenters. The standard InChI is InChI=1S/C12H14N/c1-12(2,3)10-8-13-11-7-5-4-6-9(10)11/h4-7,13H,1-3H3. The molecule has 0 amide bonds. The van der Waals surface area contributed by atoms with Crippen molar-refractivity contribution in [2.45, 2.75) is 26.2 Å². The van der Waals surface area contributed by atoms with Crippen molar-refractivity contribution in [3.05, 3.63) is 36.0 Å². The first kappa shape index (κ1) is 8.36. The van der Waals surface area contributed by atoms with Crippen LogP contribution in [0.1, 0.15) is 26.3 Å². The van der Waals surface area contributed by atoms with Crippen LogP contribution in [0.5, 0.6) is 0 Å². The van der Waals surface area contributed by atoms with Crippen molar-refractivity contribution in [1.29, 1.82) is 0 Å². The van der Waals surface area contributed by atoms with Gasteiger partial charge in [0, 0.05) is 10.9 Å². The minimum Gasteiger partial charge on any atom is -0.353 e. The maximum Gasteiger partial charge on any atom is 0.0671 e. The van der Waals surface area contributed by atoms with Gasteiger partial charge in [0.25, 0.3) is 0 Å². The summed E-state index contributed by atoms with van der Waals surface area (Å²) in [6.45, 7) is 6.62. The predicted molar refractivity (Wildman–Crippen MR) is 55.8 cm³/mol. The summed E-state index contributed by atoms with van der Waals surface area (Å²) in [5.41, 5.74) is 2.61. The molecule has 0 spiro atoms. The number of hydrogen-bond acceptors (Lipinski definition) is 0. The van der Waals surface area contributed by atoms with Gasteiger partial charge in [0.15, 0.2) is 0 Å². The quantitative estimate of drug-likeness (QED) is 0.627. The highest BCUT2D eigenvalue weighted by Crippen LogP contribution is 2.28. The molecule has 1 heterocycles. The van der Waals surface area contributed by atoms with E-state index in [1.165, 1.54) is 16.5 Å². The second-order valence-electron chi connectivity index (χ2n) is 4.42. The van der Waals surface area contributed by atoms with Crippen LogP contribution in [0, 0.1) is 6.20 Å². The first-order chi connectivity index (χ1) is 6.09. The van der Waals surface area contributed by atoms with E-state index in [4.69, 9.17) is 0 Å². The Kier molecular flexibility index (Phi) is 1.69. The fourth-order valence-corrected chi connectivity index (χ4v) is 1.60. The third-order valence-corrected chi connectivity index (χ3v) is 2.27. The normalized spacial score (nSPS) is 12.2. The summed E-state index contributed by atoms with van der Waals surface area (Å²) in [6.07, 6.45) is 3.23. The van der Waals surface area contributed by atoms with E-state index in [1.807, 2.05) is 6.07 Å². The van der Waals surface area contributed by atoms with Crippen molar-refractivity contribution in [2.24, 2.45) is 0 Å². The molecule has 0 unspecified atom stereocenters. The van der Waals surface area contributed by atoms with Crippen LogP contribution in [-0.2, 0) is 5.41 Å². The molecule has 0 saturated heterocycles. The van der Waals surface area contributed by atoms with Gasteiger partial charge in [-0.15, -0.1) is 0 Å². The molecule has 2 aromatic rings. The molecule has 1 heteroatoms. The molecule has 1 aromatic heterocycles. The Bertz CT molecular complexity index is 418. The van der Waals surface area contributed by atoms with Gasteiger partial charge in [-0.05, 0) is 17.0 Å². The molecule has 0 fully saturated rings. The fourth-order valence-electron chi connectivity index (χ4n) is 1.60. The Balaban J connectivity index is 2.72. The average Bonchev–Trinajstić information content (AvgIpc) is 2.45. The van der Waals surface area contributed by atoms with Crippen molar-refractivity contribution < 1.29 is 0 Å². The van der Waals surface area contributed by atoms with Gasteiger partial charge in [-0.3, -0.25) is 0 Å². The molecule has 0 saturated carbocycles. The highest BCUT2D eigenvalue weighted by Gasteiger charge is 2.17. The number of aromatic amines is 1. The van der Waals surface area contributed by atoms with E-state index in [9.17, 15) is 0 Å². The number of fused-ring (bicyclic) bond motifs is 1. The first-order valence-electron chi connectivity index (χ1n) is 4.58. The molecule has 2 rings (SSSR count). The summed E-state index contributed by atoms with van der Waals surface area (Å²) in [6, 6.07) is 8.34. The lowest BCUT2D eigenvalue weighted by Crippen LogP contribution is -2.09. The largest absolute Gasteiger partial charge is 0.353 e. The molecule has 1 radical (unpaired) electrons. The monoisotopic (exact) mass is 172 g/mol. The zero-order chi connectivity index (χ0) is 9.47. The fraction of sp³-hybridized carbons (Fsp3) is 0.333. The van der Waals surface area contributed by atoms with Gasteiger partial charge in [-0.1, -0.05) is 39.0 Å². The molecule has 0 aliphatic carbocycles. The smallest absolute Gasteiger partial charge is 0.0671 e. The van der Waals surface area contributed by atoms with E-state index in [-0.39, 0.29) is 5.41 Å². The van der Waals surface area contributed by atoms with Crippen molar-refractivity contribution in [2.75, 3.05) is 0 Å². The summed E-state index contributed by atoms with van der Waals surface area (Å²) in [4.78, 5) is 3.17. The van der Waals surface area contributed by atoms with Crippen LogP contribution in [0.25, 0.3) is 10.9 Å². The van der Waals surface area contributed by atoms with E-state index in [0.717, 1.165) is 0 Å². The molecule has 1 nitrogen and oxygen atoms in total. The summed E-state index contributed by atoms with van der Waals surface area (Å²) in [7, 11) is 0. The SMILES string of the molecule is CC(C)(C)c1[c][nH]c2ccccc12. The second-order valence-corrected chi connectivity index (χ2v) is 4.42. The minimum absolute atomic E-state index is 0.166. The number of aromatic nitrogens is 1. The second kappa shape index (κ2) is 2.63. The van der Waals surface area contributed by atoms with E-state index >= 15 is 0 Å². The Hall–Kier alpha value is -1.24. The molecular weight excluding hydrogens is 158 g/mol. The van der Waals surface area contributed by atoms with Gasteiger partial charge in [0.1, 0.15) is 0 Å². The third-order valence-electron chi connectivity index (χ3n) is 2.27. The lowest BCUT2D eigenvalue weighted by atomic mass is 9.87. The first-order valence-corrected chi connectivity index (χ1v) is 4.58. The maximum atomic E-state index is 3.23.